The summed E-state index contributed by atoms with van der Waals surface area (Å²) < 4.78 is 6.96. The van der Waals surface area contributed by atoms with Crippen LogP contribution in [-0.2, 0) is 0 Å². The normalized spacial score (nSPS) is 10.8. The zero-order valence-corrected chi connectivity index (χ0v) is 14.1. The average Bonchev–Trinajstić information content (AvgIpc) is 3.09. The van der Waals surface area contributed by atoms with E-state index in [4.69, 9.17) is 16.3 Å². The Kier molecular flexibility index (Phi) is 3.95. The molecule has 0 spiro atoms. The Morgan fingerprint density at radius 2 is 1.76 bits per heavy atom. The van der Waals surface area contributed by atoms with Gasteiger partial charge in [0.15, 0.2) is 5.65 Å². The second-order valence-electron chi connectivity index (χ2n) is 5.35. The average molecular weight is 352 g/mol. The molecule has 0 amide bonds. The van der Waals surface area contributed by atoms with Gasteiger partial charge in [-0.05, 0) is 48.5 Å². The third-order valence-electron chi connectivity index (χ3n) is 3.79. The smallest absolute Gasteiger partial charge is 0.168 e. The highest BCUT2D eigenvalue weighted by atomic mass is 35.5. The van der Waals surface area contributed by atoms with Crippen molar-refractivity contribution in [3.05, 3.63) is 66.1 Å². The number of rotatable bonds is 4. The van der Waals surface area contributed by atoms with Gasteiger partial charge in [0.25, 0.3) is 0 Å². The SMILES string of the molecule is COc1ccc(-n2ncc3c(Nc4ccc(Cl)cc4)ncnc32)cc1. The lowest BCUT2D eigenvalue weighted by Gasteiger charge is -2.07. The highest BCUT2D eigenvalue weighted by Crippen LogP contribution is 2.25. The lowest BCUT2D eigenvalue weighted by Crippen LogP contribution is -1.99. The minimum Gasteiger partial charge on any atom is -0.497 e. The minimum absolute atomic E-state index is 0.686. The van der Waals surface area contributed by atoms with E-state index < -0.39 is 0 Å². The largest absolute Gasteiger partial charge is 0.497 e. The van der Waals surface area contributed by atoms with Gasteiger partial charge in [0, 0.05) is 10.7 Å². The van der Waals surface area contributed by atoms with Gasteiger partial charge in [-0.3, -0.25) is 0 Å². The number of anilines is 2. The van der Waals surface area contributed by atoms with Gasteiger partial charge in [0.1, 0.15) is 17.9 Å². The summed E-state index contributed by atoms with van der Waals surface area (Å²) in [7, 11) is 1.64. The number of halogens is 1. The van der Waals surface area contributed by atoms with Gasteiger partial charge >= 0.3 is 0 Å². The van der Waals surface area contributed by atoms with Crippen LogP contribution in [0.3, 0.4) is 0 Å². The molecule has 2 heterocycles. The molecule has 7 heteroatoms. The number of methoxy groups -OCH3 is 1. The first-order valence-corrected chi connectivity index (χ1v) is 7.98. The van der Waals surface area contributed by atoms with Gasteiger partial charge in [-0.25, -0.2) is 14.6 Å². The fraction of sp³-hybridized carbons (Fsp3) is 0.0556. The van der Waals surface area contributed by atoms with Crippen LogP contribution in [0.5, 0.6) is 5.75 Å². The van der Waals surface area contributed by atoms with Crippen LogP contribution in [0.2, 0.25) is 5.02 Å². The molecule has 2 aromatic carbocycles. The Morgan fingerprint density at radius 3 is 2.48 bits per heavy atom. The van der Waals surface area contributed by atoms with Crippen molar-refractivity contribution in [2.24, 2.45) is 0 Å². The lowest BCUT2D eigenvalue weighted by atomic mass is 10.3. The van der Waals surface area contributed by atoms with Crippen LogP contribution in [0.15, 0.2) is 61.1 Å². The molecule has 25 heavy (non-hydrogen) atoms. The molecule has 0 radical (unpaired) electrons. The molecule has 6 nitrogen and oxygen atoms in total. The highest BCUT2D eigenvalue weighted by Gasteiger charge is 2.11. The molecule has 4 rings (SSSR count). The molecule has 0 atom stereocenters. The van der Waals surface area contributed by atoms with E-state index in [1.807, 2.05) is 48.5 Å². The third-order valence-corrected chi connectivity index (χ3v) is 4.04. The summed E-state index contributed by atoms with van der Waals surface area (Å²) in [5, 5.41) is 9.24. The van der Waals surface area contributed by atoms with Crippen LogP contribution in [0.25, 0.3) is 16.7 Å². The fourth-order valence-electron chi connectivity index (χ4n) is 2.53. The van der Waals surface area contributed by atoms with Gasteiger partial charge in [-0.1, -0.05) is 11.6 Å². The number of benzene rings is 2. The molecule has 0 aliphatic rings. The van der Waals surface area contributed by atoms with Crippen molar-refractivity contribution < 1.29 is 4.74 Å². The zero-order chi connectivity index (χ0) is 17.2. The molecule has 124 valence electrons. The summed E-state index contributed by atoms with van der Waals surface area (Å²) >= 11 is 5.93. The Morgan fingerprint density at radius 1 is 1.00 bits per heavy atom. The molecule has 0 aliphatic heterocycles. The van der Waals surface area contributed by atoms with Gasteiger partial charge in [0.05, 0.1) is 24.4 Å². The maximum Gasteiger partial charge on any atom is 0.168 e. The molecule has 4 aromatic rings. The zero-order valence-electron chi connectivity index (χ0n) is 13.3. The maximum absolute atomic E-state index is 5.93. The van der Waals surface area contributed by atoms with Crippen molar-refractivity contribution in [3.8, 4) is 11.4 Å². The van der Waals surface area contributed by atoms with Crippen LogP contribution >= 0.6 is 11.6 Å². The number of fused-ring (bicyclic) bond motifs is 1. The van der Waals surface area contributed by atoms with Crippen LogP contribution < -0.4 is 10.1 Å². The molecular weight excluding hydrogens is 338 g/mol. The summed E-state index contributed by atoms with van der Waals surface area (Å²) in [5.74, 6) is 1.48. The van der Waals surface area contributed by atoms with Crippen LogP contribution in [0, 0.1) is 0 Å². The number of ether oxygens (including phenoxy) is 1. The summed E-state index contributed by atoms with van der Waals surface area (Å²) in [4.78, 5) is 8.70. The van der Waals surface area contributed by atoms with E-state index in [-0.39, 0.29) is 0 Å². The van der Waals surface area contributed by atoms with Crippen molar-refractivity contribution in [3.63, 3.8) is 0 Å². The summed E-state index contributed by atoms with van der Waals surface area (Å²) in [6.45, 7) is 0. The Hall–Kier alpha value is -3.12. The first kappa shape index (κ1) is 15.4. The quantitative estimate of drug-likeness (QED) is 0.596. The molecule has 2 aromatic heterocycles. The number of nitrogens with one attached hydrogen (secondary N) is 1. The molecule has 1 N–H and O–H groups in total. The predicted octanol–water partition coefficient (Wildman–Crippen LogP) is 4.22. The van der Waals surface area contributed by atoms with E-state index in [1.165, 1.54) is 6.33 Å². The standard InChI is InChI=1S/C18H14ClN5O/c1-25-15-8-6-14(7-9-15)24-18-16(10-22-24)17(20-11-21-18)23-13-4-2-12(19)3-5-13/h2-11H,1H3,(H,20,21,23). The number of aromatic nitrogens is 4. The van der Waals surface area contributed by atoms with Crippen LogP contribution in [-0.4, -0.2) is 26.9 Å². The summed E-state index contributed by atoms with van der Waals surface area (Å²) in [6.07, 6.45) is 3.26. The van der Waals surface area contributed by atoms with Crippen molar-refractivity contribution in [1.29, 1.82) is 0 Å². The van der Waals surface area contributed by atoms with E-state index in [1.54, 1.807) is 18.0 Å². The fourth-order valence-corrected chi connectivity index (χ4v) is 2.65. The van der Waals surface area contributed by atoms with Gasteiger partial charge < -0.3 is 10.1 Å². The first-order chi connectivity index (χ1) is 12.2. The van der Waals surface area contributed by atoms with E-state index in [0.717, 1.165) is 28.2 Å². The molecule has 0 bridgehead atoms. The van der Waals surface area contributed by atoms with Crippen molar-refractivity contribution in [2.75, 3.05) is 12.4 Å². The van der Waals surface area contributed by atoms with Gasteiger partial charge in [-0.2, -0.15) is 5.10 Å². The third kappa shape index (κ3) is 2.99. The minimum atomic E-state index is 0.686. The lowest BCUT2D eigenvalue weighted by molar-refractivity contribution is 0.414. The second-order valence-corrected chi connectivity index (χ2v) is 5.78. The van der Waals surface area contributed by atoms with Crippen molar-refractivity contribution >= 4 is 34.1 Å². The van der Waals surface area contributed by atoms with Crippen molar-refractivity contribution in [1.82, 2.24) is 19.7 Å². The molecule has 0 saturated heterocycles. The van der Waals surface area contributed by atoms with Crippen molar-refractivity contribution in [2.45, 2.75) is 0 Å². The predicted molar refractivity (Wildman–Crippen MR) is 97.9 cm³/mol. The topological polar surface area (TPSA) is 64.9 Å². The van der Waals surface area contributed by atoms with E-state index in [0.29, 0.717) is 10.8 Å². The molecule has 0 saturated carbocycles. The first-order valence-electron chi connectivity index (χ1n) is 7.60. The summed E-state index contributed by atoms with van der Waals surface area (Å²) in [5.41, 5.74) is 2.50. The monoisotopic (exact) mass is 351 g/mol. The highest BCUT2D eigenvalue weighted by molar-refractivity contribution is 6.30. The number of hydrogen-bond acceptors (Lipinski definition) is 5. The van der Waals surface area contributed by atoms with Gasteiger partial charge in [0.2, 0.25) is 0 Å². The van der Waals surface area contributed by atoms with E-state index in [2.05, 4.69) is 20.4 Å². The Labute approximate surface area is 149 Å². The molecule has 0 aliphatic carbocycles. The van der Waals surface area contributed by atoms with E-state index in [9.17, 15) is 0 Å². The Balaban J connectivity index is 1.73. The molecular formula is C18H14ClN5O. The van der Waals surface area contributed by atoms with Crippen LogP contribution in [0.1, 0.15) is 0 Å². The maximum atomic E-state index is 5.93. The summed E-state index contributed by atoms with van der Waals surface area (Å²) in [6, 6.07) is 15.1. The second kappa shape index (κ2) is 6.41. The number of nitrogens with zero attached hydrogens (tertiary/aromatic N) is 4. The molecule has 0 fully saturated rings. The number of hydrogen-bond donors (Lipinski definition) is 1. The van der Waals surface area contributed by atoms with Crippen LogP contribution in [0.4, 0.5) is 11.5 Å². The Bertz CT molecular complexity index is 1010. The molecule has 0 unspecified atom stereocenters. The van der Waals surface area contributed by atoms with Gasteiger partial charge in [-0.15, -0.1) is 0 Å². The van der Waals surface area contributed by atoms with E-state index >= 15 is 0 Å².